The number of furan rings is 1. The summed E-state index contributed by atoms with van der Waals surface area (Å²) in [5.74, 6) is 0.524. The van der Waals surface area contributed by atoms with Gasteiger partial charge >= 0.3 is 0 Å². The standard InChI is InChI=1S/C16H20ClNO2/c1-4-16(5-2,10-17)18-15(19)14-9-12-8-11(3)6-7-13(12)20-14/h6-9H,4-5,10H2,1-3H3,(H,18,19). The lowest BCUT2D eigenvalue weighted by molar-refractivity contribution is 0.0876. The molecular formula is C16H20ClNO2. The van der Waals surface area contributed by atoms with Crippen LogP contribution in [0.3, 0.4) is 0 Å². The normalized spacial score (nSPS) is 11.8. The summed E-state index contributed by atoms with van der Waals surface area (Å²) in [6.45, 7) is 6.06. The number of hydrogen-bond acceptors (Lipinski definition) is 2. The van der Waals surface area contributed by atoms with Gasteiger partial charge in [-0.25, -0.2) is 0 Å². The molecule has 20 heavy (non-hydrogen) atoms. The average molecular weight is 294 g/mol. The number of carbonyl (C=O) groups is 1. The van der Waals surface area contributed by atoms with Crippen molar-refractivity contribution < 1.29 is 9.21 Å². The van der Waals surface area contributed by atoms with Crippen molar-refractivity contribution in [3.8, 4) is 0 Å². The van der Waals surface area contributed by atoms with Crippen LogP contribution in [0.15, 0.2) is 28.7 Å². The number of hydrogen-bond donors (Lipinski definition) is 1. The van der Waals surface area contributed by atoms with E-state index in [1.807, 2.05) is 39.0 Å². The van der Waals surface area contributed by atoms with E-state index in [0.29, 0.717) is 11.6 Å². The number of nitrogens with one attached hydrogen (secondary N) is 1. The molecule has 1 amide bonds. The first-order valence-corrected chi connectivity index (χ1v) is 7.45. The number of halogens is 1. The zero-order chi connectivity index (χ0) is 14.8. The summed E-state index contributed by atoms with van der Waals surface area (Å²) in [6, 6.07) is 7.64. The second-order valence-corrected chi connectivity index (χ2v) is 5.49. The Balaban J connectivity index is 2.27. The highest BCUT2D eigenvalue weighted by atomic mass is 35.5. The summed E-state index contributed by atoms with van der Waals surface area (Å²) in [4.78, 5) is 12.3. The number of carbonyl (C=O) groups excluding carboxylic acids is 1. The molecule has 0 saturated heterocycles. The zero-order valence-electron chi connectivity index (χ0n) is 12.1. The molecule has 4 heteroatoms. The van der Waals surface area contributed by atoms with Crippen LogP contribution in [0.4, 0.5) is 0 Å². The van der Waals surface area contributed by atoms with Crippen LogP contribution in [0.2, 0.25) is 0 Å². The lowest BCUT2D eigenvalue weighted by Crippen LogP contribution is -2.49. The lowest BCUT2D eigenvalue weighted by atomic mass is 9.95. The van der Waals surface area contributed by atoms with Crippen LogP contribution in [0.5, 0.6) is 0 Å². The molecule has 0 spiro atoms. The van der Waals surface area contributed by atoms with Gasteiger partial charge in [-0.15, -0.1) is 11.6 Å². The highest BCUT2D eigenvalue weighted by molar-refractivity contribution is 6.19. The van der Waals surface area contributed by atoms with E-state index in [2.05, 4.69) is 5.32 Å². The SMILES string of the molecule is CCC(CC)(CCl)NC(=O)c1cc2cc(C)ccc2o1. The predicted molar refractivity (Wildman–Crippen MR) is 82.5 cm³/mol. The molecule has 0 aliphatic carbocycles. The van der Waals surface area contributed by atoms with E-state index in [-0.39, 0.29) is 11.4 Å². The Kier molecular flexibility index (Phi) is 4.39. The van der Waals surface area contributed by atoms with Crippen molar-refractivity contribution in [2.24, 2.45) is 0 Å². The largest absolute Gasteiger partial charge is 0.451 e. The van der Waals surface area contributed by atoms with Crippen LogP contribution in [0.25, 0.3) is 11.0 Å². The summed E-state index contributed by atoms with van der Waals surface area (Å²) in [5.41, 5.74) is 1.50. The molecular weight excluding hydrogens is 274 g/mol. The first-order valence-electron chi connectivity index (χ1n) is 6.92. The van der Waals surface area contributed by atoms with Crippen molar-refractivity contribution in [2.45, 2.75) is 39.2 Å². The monoisotopic (exact) mass is 293 g/mol. The Bertz CT molecular complexity index is 606. The minimum Gasteiger partial charge on any atom is -0.451 e. The van der Waals surface area contributed by atoms with Crippen LogP contribution < -0.4 is 5.32 Å². The third-order valence-corrected chi connectivity index (χ3v) is 4.40. The van der Waals surface area contributed by atoms with Gasteiger partial charge in [0.2, 0.25) is 0 Å². The maximum absolute atomic E-state index is 12.3. The molecule has 2 rings (SSSR count). The Hall–Kier alpha value is -1.48. The van der Waals surface area contributed by atoms with E-state index in [0.717, 1.165) is 29.4 Å². The van der Waals surface area contributed by atoms with Crippen LogP contribution >= 0.6 is 11.6 Å². The van der Waals surface area contributed by atoms with Crippen LogP contribution in [-0.2, 0) is 0 Å². The maximum atomic E-state index is 12.3. The quantitative estimate of drug-likeness (QED) is 0.837. The van der Waals surface area contributed by atoms with Crippen molar-refractivity contribution in [1.29, 1.82) is 0 Å². The minimum absolute atomic E-state index is 0.205. The van der Waals surface area contributed by atoms with Gasteiger partial charge in [0.05, 0.1) is 5.54 Å². The number of rotatable bonds is 5. The van der Waals surface area contributed by atoms with Crippen LogP contribution in [0.1, 0.15) is 42.8 Å². The van der Waals surface area contributed by atoms with Gasteiger partial charge < -0.3 is 9.73 Å². The highest BCUT2D eigenvalue weighted by Gasteiger charge is 2.28. The third-order valence-electron chi connectivity index (χ3n) is 3.88. The minimum atomic E-state index is -0.368. The number of alkyl halides is 1. The van der Waals surface area contributed by atoms with Gasteiger partial charge in [0.25, 0.3) is 5.91 Å². The van der Waals surface area contributed by atoms with Gasteiger partial charge in [-0.05, 0) is 38.0 Å². The zero-order valence-corrected chi connectivity index (χ0v) is 12.9. The second-order valence-electron chi connectivity index (χ2n) is 5.23. The van der Waals surface area contributed by atoms with Crippen LogP contribution in [0, 0.1) is 6.92 Å². The molecule has 2 aromatic rings. The number of benzene rings is 1. The Morgan fingerprint density at radius 2 is 2.00 bits per heavy atom. The Labute approximate surface area is 124 Å². The molecule has 1 N–H and O–H groups in total. The van der Waals surface area contributed by atoms with Crippen LogP contribution in [-0.4, -0.2) is 17.3 Å². The first kappa shape index (κ1) is 14.9. The Morgan fingerprint density at radius 1 is 1.30 bits per heavy atom. The molecule has 1 aromatic carbocycles. The van der Waals surface area contributed by atoms with E-state index in [9.17, 15) is 4.79 Å². The fourth-order valence-electron chi connectivity index (χ4n) is 2.23. The van der Waals surface area contributed by atoms with Gasteiger partial charge in [-0.1, -0.05) is 25.5 Å². The summed E-state index contributed by atoms with van der Waals surface area (Å²) in [7, 11) is 0. The molecule has 0 atom stereocenters. The molecule has 1 aromatic heterocycles. The van der Waals surface area contributed by atoms with Gasteiger partial charge in [-0.3, -0.25) is 4.79 Å². The fraction of sp³-hybridized carbons (Fsp3) is 0.438. The Morgan fingerprint density at radius 3 is 2.60 bits per heavy atom. The van der Waals surface area contributed by atoms with Gasteiger partial charge in [0.1, 0.15) is 5.58 Å². The number of fused-ring (bicyclic) bond motifs is 1. The van der Waals surface area contributed by atoms with E-state index in [1.54, 1.807) is 6.07 Å². The molecule has 0 saturated carbocycles. The van der Waals surface area contributed by atoms with Gasteiger partial charge in [-0.2, -0.15) is 0 Å². The molecule has 0 aliphatic rings. The lowest BCUT2D eigenvalue weighted by Gasteiger charge is -2.30. The van der Waals surface area contributed by atoms with E-state index >= 15 is 0 Å². The van der Waals surface area contributed by atoms with Crippen molar-refractivity contribution in [3.63, 3.8) is 0 Å². The van der Waals surface area contributed by atoms with Crippen molar-refractivity contribution >= 4 is 28.5 Å². The molecule has 0 unspecified atom stereocenters. The third kappa shape index (κ3) is 2.83. The molecule has 0 bridgehead atoms. The molecule has 108 valence electrons. The topological polar surface area (TPSA) is 42.2 Å². The molecule has 3 nitrogen and oxygen atoms in total. The smallest absolute Gasteiger partial charge is 0.287 e. The predicted octanol–water partition coefficient (Wildman–Crippen LogP) is 4.27. The van der Waals surface area contributed by atoms with Crippen molar-refractivity contribution in [1.82, 2.24) is 5.32 Å². The molecule has 0 aliphatic heterocycles. The van der Waals surface area contributed by atoms with E-state index < -0.39 is 0 Å². The molecule has 1 heterocycles. The summed E-state index contributed by atoms with van der Waals surface area (Å²) in [6.07, 6.45) is 1.58. The summed E-state index contributed by atoms with van der Waals surface area (Å²) >= 11 is 6.01. The summed E-state index contributed by atoms with van der Waals surface area (Å²) < 4.78 is 5.61. The average Bonchev–Trinajstić information content (AvgIpc) is 2.88. The van der Waals surface area contributed by atoms with Crippen molar-refractivity contribution in [2.75, 3.05) is 5.88 Å². The maximum Gasteiger partial charge on any atom is 0.287 e. The van der Waals surface area contributed by atoms with Crippen molar-refractivity contribution in [3.05, 3.63) is 35.6 Å². The summed E-state index contributed by atoms with van der Waals surface area (Å²) in [5, 5.41) is 3.95. The van der Waals surface area contributed by atoms with Gasteiger partial charge in [0, 0.05) is 11.3 Å². The highest BCUT2D eigenvalue weighted by Crippen LogP contribution is 2.22. The second kappa shape index (κ2) is 5.88. The van der Waals surface area contributed by atoms with E-state index in [1.165, 1.54) is 0 Å². The van der Waals surface area contributed by atoms with Gasteiger partial charge in [0.15, 0.2) is 5.76 Å². The first-order chi connectivity index (χ1) is 9.53. The molecule has 0 radical (unpaired) electrons. The number of aryl methyl sites for hydroxylation is 1. The number of amides is 1. The fourth-order valence-corrected chi connectivity index (χ4v) is 2.67. The van der Waals surface area contributed by atoms with E-state index in [4.69, 9.17) is 16.0 Å². The molecule has 0 fully saturated rings.